The smallest absolute Gasteiger partial charge is 0.350 e. The number of hydrogen-bond donors (Lipinski definition) is 1. The Bertz CT molecular complexity index is 462. The highest BCUT2D eigenvalue weighted by Gasteiger charge is 2.28. The number of hydrogen-bond acceptors (Lipinski definition) is 6. The highest BCUT2D eigenvalue weighted by atomic mass is 32.1. The van der Waals surface area contributed by atoms with Crippen molar-refractivity contribution in [2.24, 2.45) is 0 Å². The number of piperazine rings is 1. The normalized spacial score (nSPS) is 24.5. The number of nitrogens with two attached hydrogens (primary N) is 1. The molecule has 1 aliphatic rings. The van der Waals surface area contributed by atoms with Crippen LogP contribution in [0.3, 0.4) is 0 Å². The number of anilines is 2. The number of methoxy groups -OCH3 is 1. The van der Waals surface area contributed by atoms with Crippen LogP contribution in [-0.4, -0.2) is 50.2 Å². The molecular formula is C13H21N3O2S. The van der Waals surface area contributed by atoms with E-state index in [9.17, 15) is 4.79 Å². The van der Waals surface area contributed by atoms with E-state index in [1.807, 2.05) is 6.07 Å². The van der Waals surface area contributed by atoms with Gasteiger partial charge in [-0.2, -0.15) is 0 Å². The lowest BCUT2D eigenvalue weighted by molar-refractivity contribution is 0.0607. The first kappa shape index (κ1) is 14.1. The summed E-state index contributed by atoms with van der Waals surface area (Å²) in [6.45, 7) is 6.31. The van der Waals surface area contributed by atoms with Crippen LogP contribution < -0.4 is 10.6 Å². The van der Waals surface area contributed by atoms with Gasteiger partial charge < -0.3 is 15.4 Å². The van der Waals surface area contributed by atoms with Crippen LogP contribution in [0.5, 0.6) is 0 Å². The summed E-state index contributed by atoms with van der Waals surface area (Å²) >= 11 is 1.41. The van der Waals surface area contributed by atoms with E-state index in [1.165, 1.54) is 18.4 Å². The Hall–Kier alpha value is -1.27. The van der Waals surface area contributed by atoms with Gasteiger partial charge in [0, 0.05) is 25.2 Å². The number of nitrogens with zero attached hydrogens (tertiary/aromatic N) is 2. The summed E-state index contributed by atoms with van der Waals surface area (Å²) < 4.78 is 4.74. The van der Waals surface area contributed by atoms with E-state index in [0.717, 1.165) is 18.1 Å². The second kappa shape index (κ2) is 5.38. The second-order valence-corrected chi connectivity index (χ2v) is 6.16. The highest BCUT2D eigenvalue weighted by Crippen LogP contribution is 2.34. The average Bonchev–Trinajstić information content (AvgIpc) is 2.76. The Morgan fingerprint density at radius 1 is 1.42 bits per heavy atom. The molecule has 1 aliphatic heterocycles. The van der Waals surface area contributed by atoms with E-state index < -0.39 is 0 Å². The van der Waals surface area contributed by atoms with Gasteiger partial charge in [-0.25, -0.2) is 4.79 Å². The molecule has 0 aliphatic carbocycles. The highest BCUT2D eigenvalue weighted by molar-refractivity contribution is 7.18. The Morgan fingerprint density at radius 2 is 2.00 bits per heavy atom. The number of likely N-dealkylation sites (N-methyl/N-ethyl adjacent to an activating group) is 1. The quantitative estimate of drug-likeness (QED) is 0.836. The van der Waals surface area contributed by atoms with Crippen LogP contribution in [0.4, 0.5) is 10.7 Å². The van der Waals surface area contributed by atoms with Crippen LogP contribution in [0.2, 0.25) is 0 Å². The van der Waals surface area contributed by atoms with Crippen LogP contribution >= 0.6 is 11.3 Å². The van der Waals surface area contributed by atoms with E-state index in [4.69, 9.17) is 10.5 Å². The van der Waals surface area contributed by atoms with Crippen molar-refractivity contribution in [3.05, 3.63) is 10.9 Å². The van der Waals surface area contributed by atoms with E-state index in [1.54, 1.807) is 0 Å². The molecule has 0 bridgehead atoms. The van der Waals surface area contributed by atoms with Crippen molar-refractivity contribution in [3.8, 4) is 0 Å². The van der Waals surface area contributed by atoms with Crippen LogP contribution in [-0.2, 0) is 4.74 Å². The fourth-order valence-electron chi connectivity index (χ4n) is 2.38. The molecule has 0 saturated carbocycles. The van der Waals surface area contributed by atoms with Crippen molar-refractivity contribution in [1.29, 1.82) is 0 Å². The first-order chi connectivity index (χ1) is 8.93. The topological polar surface area (TPSA) is 58.8 Å². The predicted molar refractivity (Wildman–Crippen MR) is 79.0 cm³/mol. The first-order valence-electron chi connectivity index (χ1n) is 6.38. The van der Waals surface area contributed by atoms with Gasteiger partial charge >= 0.3 is 5.97 Å². The number of rotatable bonds is 2. The van der Waals surface area contributed by atoms with Crippen LogP contribution in [0, 0.1) is 0 Å². The second-order valence-electron chi connectivity index (χ2n) is 5.13. The zero-order chi connectivity index (χ0) is 14.2. The molecule has 2 heterocycles. The Labute approximate surface area is 117 Å². The molecule has 0 spiro atoms. The predicted octanol–water partition coefficient (Wildman–Crippen LogP) is 1.65. The molecule has 5 nitrogen and oxygen atoms in total. The van der Waals surface area contributed by atoms with E-state index in [2.05, 4.69) is 30.7 Å². The lowest BCUT2D eigenvalue weighted by atomic mass is 10.1. The van der Waals surface area contributed by atoms with Crippen LogP contribution in [0.15, 0.2) is 6.07 Å². The minimum absolute atomic E-state index is 0.357. The van der Waals surface area contributed by atoms with Crippen molar-refractivity contribution in [2.75, 3.05) is 37.9 Å². The zero-order valence-corrected chi connectivity index (χ0v) is 12.7. The maximum atomic E-state index is 11.6. The molecule has 1 aromatic rings. The number of ether oxygens (including phenoxy) is 1. The number of carbonyl (C=O) groups is 1. The van der Waals surface area contributed by atoms with E-state index >= 15 is 0 Å². The van der Waals surface area contributed by atoms with Crippen molar-refractivity contribution < 1.29 is 9.53 Å². The number of esters is 1. The summed E-state index contributed by atoms with van der Waals surface area (Å²) in [7, 11) is 3.52. The van der Waals surface area contributed by atoms with Crippen LogP contribution in [0.1, 0.15) is 23.5 Å². The molecule has 0 aromatic carbocycles. The Morgan fingerprint density at radius 3 is 2.53 bits per heavy atom. The average molecular weight is 283 g/mol. The summed E-state index contributed by atoms with van der Waals surface area (Å²) in [4.78, 5) is 16.8. The van der Waals surface area contributed by atoms with Crippen molar-refractivity contribution in [2.45, 2.75) is 25.9 Å². The van der Waals surface area contributed by atoms with Crippen LogP contribution in [0.25, 0.3) is 0 Å². The van der Waals surface area contributed by atoms with Crippen molar-refractivity contribution >= 4 is 28.0 Å². The van der Waals surface area contributed by atoms with Gasteiger partial charge in [0.2, 0.25) is 0 Å². The Balaban J connectivity index is 2.21. The lowest BCUT2D eigenvalue weighted by Crippen LogP contribution is -2.54. The third kappa shape index (κ3) is 2.69. The summed E-state index contributed by atoms with van der Waals surface area (Å²) in [5, 5.41) is 1.05. The molecule has 1 saturated heterocycles. The Kier molecular flexibility index (Phi) is 4.01. The van der Waals surface area contributed by atoms with Gasteiger partial charge in [-0.15, -0.1) is 11.3 Å². The largest absolute Gasteiger partial charge is 0.465 e. The zero-order valence-electron chi connectivity index (χ0n) is 11.8. The standard InChI is InChI=1S/C13H21N3O2S/c1-8-6-16(7-9(2)15(8)3)11-5-10(14)12(19-11)13(17)18-4/h5,8-9H,6-7,14H2,1-4H3. The fourth-order valence-corrected chi connectivity index (χ4v) is 3.40. The van der Waals surface area contributed by atoms with Gasteiger partial charge in [-0.1, -0.05) is 0 Å². The third-order valence-corrected chi connectivity index (χ3v) is 4.98. The SMILES string of the molecule is COC(=O)c1sc(N2CC(C)N(C)C(C)C2)cc1N. The summed E-state index contributed by atoms with van der Waals surface area (Å²) in [5.74, 6) is -0.357. The molecule has 1 fully saturated rings. The number of nitrogen functional groups attached to an aromatic ring is 1. The summed E-state index contributed by atoms with van der Waals surface area (Å²) in [5.41, 5.74) is 6.40. The van der Waals surface area contributed by atoms with Gasteiger partial charge in [-0.05, 0) is 27.0 Å². The maximum Gasteiger partial charge on any atom is 0.350 e. The third-order valence-electron chi connectivity index (χ3n) is 3.79. The molecule has 0 radical (unpaired) electrons. The summed E-state index contributed by atoms with van der Waals surface area (Å²) in [6.07, 6.45) is 0. The first-order valence-corrected chi connectivity index (χ1v) is 7.20. The lowest BCUT2D eigenvalue weighted by Gasteiger charge is -2.42. The minimum atomic E-state index is -0.357. The van der Waals surface area contributed by atoms with Gasteiger partial charge in [0.1, 0.15) is 4.88 Å². The molecule has 2 rings (SSSR count). The monoisotopic (exact) mass is 283 g/mol. The molecular weight excluding hydrogens is 262 g/mol. The summed E-state index contributed by atoms with van der Waals surface area (Å²) in [6, 6.07) is 2.84. The maximum absolute atomic E-state index is 11.6. The van der Waals surface area contributed by atoms with Crippen molar-refractivity contribution in [3.63, 3.8) is 0 Å². The molecule has 0 amide bonds. The van der Waals surface area contributed by atoms with E-state index in [0.29, 0.717) is 22.6 Å². The molecule has 2 unspecified atom stereocenters. The van der Waals surface area contributed by atoms with Gasteiger partial charge in [-0.3, -0.25) is 4.90 Å². The number of thiophene rings is 1. The number of carbonyl (C=O) groups excluding carboxylic acids is 1. The molecule has 1 aromatic heterocycles. The van der Waals surface area contributed by atoms with E-state index in [-0.39, 0.29) is 5.97 Å². The fraction of sp³-hybridized carbons (Fsp3) is 0.615. The van der Waals surface area contributed by atoms with Gasteiger partial charge in [0.05, 0.1) is 17.8 Å². The molecule has 19 heavy (non-hydrogen) atoms. The van der Waals surface area contributed by atoms with Gasteiger partial charge in [0.15, 0.2) is 0 Å². The van der Waals surface area contributed by atoms with Gasteiger partial charge in [0.25, 0.3) is 0 Å². The molecule has 6 heteroatoms. The minimum Gasteiger partial charge on any atom is -0.465 e. The molecule has 2 N–H and O–H groups in total. The van der Waals surface area contributed by atoms with Crippen molar-refractivity contribution in [1.82, 2.24) is 4.90 Å². The molecule has 106 valence electrons. The molecule has 2 atom stereocenters.